The average molecular weight is 375 g/mol. The maximum Gasteiger partial charge on any atom is 0.274 e. The fourth-order valence-corrected chi connectivity index (χ4v) is 4.09. The molecule has 3 aromatic rings. The first-order valence-corrected chi connectivity index (χ1v) is 9.94. The van der Waals surface area contributed by atoms with Gasteiger partial charge in [-0.2, -0.15) is 5.10 Å². The number of fused-ring (bicyclic) bond motifs is 1. The zero-order valence-electron chi connectivity index (χ0n) is 16.4. The third kappa shape index (κ3) is 3.33. The monoisotopic (exact) mass is 375 g/mol. The van der Waals surface area contributed by atoms with Crippen LogP contribution in [-0.2, 0) is 6.42 Å². The van der Waals surface area contributed by atoms with Gasteiger partial charge in [0.05, 0.1) is 0 Å². The Morgan fingerprint density at radius 1 is 1.18 bits per heavy atom. The minimum Gasteiger partial charge on any atom is -0.337 e. The number of carbonyl (C=O) groups is 2. The molecule has 1 saturated heterocycles. The summed E-state index contributed by atoms with van der Waals surface area (Å²) in [6.45, 7) is 5.09. The summed E-state index contributed by atoms with van der Waals surface area (Å²) in [6, 6.07) is 13.9. The Hall–Kier alpha value is -2.95. The molecule has 1 aliphatic rings. The van der Waals surface area contributed by atoms with Crippen LogP contribution in [0.5, 0.6) is 0 Å². The fraction of sp³-hybridized carbons (Fsp3) is 0.348. The summed E-state index contributed by atoms with van der Waals surface area (Å²) >= 11 is 0. The van der Waals surface area contributed by atoms with Crippen molar-refractivity contribution in [3.8, 4) is 0 Å². The number of carbonyl (C=O) groups excluding carboxylic acids is 2. The van der Waals surface area contributed by atoms with Crippen molar-refractivity contribution in [1.82, 2.24) is 15.1 Å². The Labute approximate surface area is 164 Å². The number of aromatic nitrogens is 2. The van der Waals surface area contributed by atoms with Crippen LogP contribution < -0.4 is 0 Å². The van der Waals surface area contributed by atoms with Gasteiger partial charge in [0.15, 0.2) is 11.5 Å². The molecule has 1 amide bonds. The molecule has 1 atom stereocenters. The number of piperidine rings is 1. The van der Waals surface area contributed by atoms with Crippen molar-refractivity contribution >= 4 is 22.5 Å². The number of aryl methyl sites for hydroxylation is 1. The van der Waals surface area contributed by atoms with E-state index in [0.717, 1.165) is 46.9 Å². The van der Waals surface area contributed by atoms with Crippen molar-refractivity contribution in [2.75, 3.05) is 13.1 Å². The van der Waals surface area contributed by atoms with E-state index < -0.39 is 0 Å². The van der Waals surface area contributed by atoms with E-state index in [1.807, 2.05) is 56.3 Å². The Balaban J connectivity index is 1.53. The summed E-state index contributed by atoms with van der Waals surface area (Å²) < 4.78 is 0. The molecular formula is C23H25N3O2. The first-order valence-electron chi connectivity index (χ1n) is 9.94. The number of likely N-dealkylation sites (tertiary alicyclic amines) is 1. The van der Waals surface area contributed by atoms with Gasteiger partial charge < -0.3 is 4.90 Å². The van der Waals surface area contributed by atoms with Gasteiger partial charge in [-0.3, -0.25) is 14.7 Å². The lowest BCUT2D eigenvalue weighted by Crippen LogP contribution is -2.42. The lowest BCUT2D eigenvalue weighted by atomic mass is 9.89. The van der Waals surface area contributed by atoms with Gasteiger partial charge in [-0.05, 0) is 43.0 Å². The second kappa shape index (κ2) is 7.58. The molecule has 1 aromatic heterocycles. The summed E-state index contributed by atoms with van der Waals surface area (Å²) in [6.07, 6.45) is 2.46. The number of hydrogen-bond acceptors (Lipinski definition) is 3. The second-order valence-corrected chi connectivity index (χ2v) is 7.55. The molecule has 1 aliphatic heterocycles. The van der Waals surface area contributed by atoms with Gasteiger partial charge in [0.1, 0.15) is 0 Å². The highest BCUT2D eigenvalue weighted by Crippen LogP contribution is 2.25. The average Bonchev–Trinajstić information content (AvgIpc) is 3.12. The van der Waals surface area contributed by atoms with E-state index in [1.165, 1.54) is 0 Å². The lowest BCUT2D eigenvalue weighted by molar-refractivity contribution is 0.0631. The molecule has 1 fully saturated rings. The van der Waals surface area contributed by atoms with E-state index in [-0.39, 0.29) is 17.6 Å². The van der Waals surface area contributed by atoms with Crippen LogP contribution in [0.4, 0.5) is 0 Å². The van der Waals surface area contributed by atoms with Crippen molar-refractivity contribution < 1.29 is 9.59 Å². The van der Waals surface area contributed by atoms with Crippen LogP contribution in [0.15, 0.2) is 42.5 Å². The molecule has 5 nitrogen and oxygen atoms in total. The van der Waals surface area contributed by atoms with Crippen LogP contribution in [0.2, 0.25) is 0 Å². The smallest absolute Gasteiger partial charge is 0.274 e. The molecule has 2 heterocycles. The third-order valence-electron chi connectivity index (χ3n) is 5.78. The molecule has 1 unspecified atom stereocenters. The number of amides is 1. The molecule has 1 N–H and O–H groups in total. The van der Waals surface area contributed by atoms with Crippen LogP contribution in [0.1, 0.15) is 51.9 Å². The predicted molar refractivity (Wildman–Crippen MR) is 110 cm³/mol. The highest BCUT2D eigenvalue weighted by Gasteiger charge is 2.31. The van der Waals surface area contributed by atoms with E-state index in [1.54, 1.807) is 4.90 Å². The number of nitrogens with zero attached hydrogens (tertiary/aromatic N) is 2. The zero-order chi connectivity index (χ0) is 19.7. The third-order valence-corrected chi connectivity index (χ3v) is 5.78. The van der Waals surface area contributed by atoms with E-state index in [0.29, 0.717) is 18.8 Å². The summed E-state index contributed by atoms with van der Waals surface area (Å²) in [5.41, 5.74) is 3.11. The zero-order valence-corrected chi connectivity index (χ0v) is 16.4. The lowest BCUT2D eigenvalue weighted by Gasteiger charge is -2.31. The number of ketones is 1. The number of aromatic amines is 1. The summed E-state index contributed by atoms with van der Waals surface area (Å²) in [5.74, 6) is -0.121. The molecule has 0 spiro atoms. The second-order valence-electron chi connectivity index (χ2n) is 7.55. The van der Waals surface area contributed by atoms with E-state index in [9.17, 15) is 9.59 Å². The first-order chi connectivity index (χ1) is 13.6. The van der Waals surface area contributed by atoms with Gasteiger partial charge in [0.2, 0.25) is 0 Å². The Morgan fingerprint density at radius 2 is 1.96 bits per heavy atom. The van der Waals surface area contributed by atoms with E-state index in [2.05, 4.69) is 10.2 Å². The topological polar surface area (TPSA) is 66.1 Å². The Bertz CT molecular complexity index is 1040. The molecular weight excluding hydrogens is 350 g/mol. The fourth-order valence-electron chi connectivity index (χ4n) is 4.09. The van der Waals surface area contributed by atoms with Gasteiger partial charge in [0.25, 0.3) is 5.91 Å². The molecule has 4 rings (SSSR count). The number of nitrogens with one attached hydrogen (secondary N) is 1. The van der Waals surface area contributed by atoms with Crippen molar-refractivity contribution in [3.63, 3.8) is 0 Å². The Kier molecular flexibility index (Phi) is 4.99. The molecule has 28 heavy (non-hydrogen) atoms. The molecule has 0 aliphatic carbocycles. The Morgan fingerprint density at radius 3 is 2.71 bits per heavy atom. The van der Waals surface area contributed by atoms with Gasteiger partial charge in [-0.15, -0.1) is 0 Å². The minimum atomic E-state index is -0.163. The van der Waals surface area contributed by atoms with Crippen molar-refractivity contribution in [1.29, 1.82) is 0 Å². The number of benzene rings is 2. The maximum absolute atomic E-state index is 13.1. The molecule has 0 saturated carbocycles. The van der Waals surface area contributed by atoms with Crippen LogP contribution in [0, 0.1) is 12.8 Å². The molecule has 2 aromatic carbocycles. The van der Waals surface area contributed by atoms with Crippen molar-refractivity contribution in [2.24, 2.45) is 5.92 Å². The highest BCUT2D eigenvalue weighted by molar-refractivity contribution is 6.02. The molecule has 144 valence electrons. The molecule has 0 bridgehead atoms. The van der Waals surface area contributed by atoms with E-state index in [4.69, 9.17) is 0 Å². The number of hydrogen-bond donors (Lipinski definition) is 1. The number of rotatable bonds is 4. The normalized spacial score (nSPS) is 17.1. The van der Waals surface area contributed by atoms with Gasteiger partial charge in [-0.25, -0.2) is 0 Å². The quantitative estimate of drug-likeness (QED) is 0.696. The minimum absolute atomic E-state index is 0.0792. The van der Waals surface area contributed by atoms with Crippen molar-refractivity contribution in [3.05, 3.63) is 65.0 Å². The number of Topliss-reactive ketones (excluding diaryl/α,β-unsaturated/α-hetero) is 1. The van der Waals surface area contributed by atoms with Gasteiger partial charge in [-0.1, -0.05) is 43.3 Å². The maximum atomic E-state index is 13.1. The van der Waals surface area contributed by atoms with Crippen LogP contribution in [0.3, 0.4) is 0 Å². The van der Waals surface area contributed by atoms with Gasteiger partial charge >= 0.3 is 0 Å². The van der Waals surface area contributed by atoms with Crippen molar-refractivity contribution in [2.45, 2.75) is 33.1 Å². The standard InChI is InChI=1S/C23H25N3O2/c1-3-20-15(2)21(25-24-20)23(28)26-12-6-9-19(14-26)22(27)18-11-10-16-7-4-5-8-17(16)13-18/h4-5,7-8,10-11,13,19H,3,6,9,12,14H2,1-2H3,(H,24,25). The van der Waals surface area contributed by atoms with Gasteiger partial charge in [0, 0.05) is 35.8 Å². The largest absolute Gasteiger partial charge is 0.337 e. The van der Waals surface area contributed by atoms with Crippen LogP contribution in [-0.4, -0.2) is 39.9 Å². The molecule has 5 heteroatoms. The van der Waals surface area contributed by atoms with Crippen LogP contribution >= 0.6 is 0 Å². The summed E-state index contributed by atoms with van der Waals surface area (Å²) in [5, 5.41) is 9.37. The van der Waals surface area contributed by atoms with E-state index >= 15 is 0 Å². The number of H-pyrrole nitrogens is 1. The summed E-state index contributed by atoms with van der Waals surface area (Å²) in [7, 11) is 0. The van der Waals surface area contributed by atoms with Crippen LogP contribution in [0.25, 0.3) is 10.8 Å². The first kappa shape index (κ1) is 18.4. The molecule has 0 radical (unpaired) electrons. The predicted octanol–water partition coefficient (Wildman–Crippen LogP) is 4.17. The highest BCUT2D eigenvalue weighted by atomic mass is 16.2. The summed E-state index contributed by atoms with van der Waals surface area (Å²) in [4.78, 5) is 27.9. The SMILES string of the molecule is CCc1[nH]nc(C(=O)N2CCCC(C(=O)c3ccc4ccccc4c3)C2)c1C.